The highest BCUT2D eigenvalue weighted by Gasteiger charge is 2.08. The Kier molecular flexibility index (Phi) is 4.55. The van der Waals surface area contributed by atoms with Crippen LogP contribution < -0.4 is 5.73 Å². The van der Waals surface area contributed by atoms with Crippen LogP contribution in [0.2, 0.25) is 0 Å². The Balaban J connectivity index is 1.96. The molecule has 0 amide bonds. The SMILES string of the molecule is NCCCCN1CC[CH]CC1. The van der Waals surface area contributed by atoms with E-state index in [2.05, 4.69) is 11.3 Å². The molecule has 1 aliphatic heterocycles. The van der Waals surface area contributed by atoms with Gasteiger partial charge < -0.3 is 10.6 Å². The zero-order chi connectivity index (χ0) is 7.94. The van der Waals surface area contributed by atoms with Gasteiger partial charge in [0.2, 0.25) is 0 Å². The van der Waals surface area contributed by atoms with Crippen molar-refractivity contribution in [1.29, 1.82) is 0 Å². The summed E-state index contributed by atoms with van der Waals surface area (Å²) in [6.07, 6.45) is 7.40. The van der Waals surface area contributed by atoms with Crippen LogP contribution in [0.15, 0.2) is 0 Å². The normalized spacial score (nSPS) is 20.5. The van der Waals surface area contributed by atoms with E-state index in [1.807, 2.05) is 0 Å². The molecule has 0 bridgehead atoms. The van der Waals surface area contributed by atoms with E-state index in [-0.39, 0.29) is 0 Å². The Hall–Kier alpha value is -0.0800. The van der Waals surface area contributed by atoms with Gasteiger partial charge in [0.15, 0.2) is 0 Å². The summed E-state index contributed by atoms with van der Waals surface area (Å²) in [6, 6.07) is 0. The third kappa shape index (κ3) is 3.73. The van der Waals surface area contributed by atoms with Crippen molar-refractivity contribution < 1.29 is 0 Å². The zero-order valence-electron chi connectivity index (χ0n) is 7.26. The van der Waals surface area contributed by atoms with Crippen molar-refractivity contribution in [2.45, 2.75) is 25.7 Å². The molecule has 0 aromatic rings. The summed E-state index contributed by atoms with van der Waals surface area (Å²) in [5.74, 6) is 0. The lowest BCUT2D eigenvalue weighted by atomic mass is 10.1. The van der Waals surface area contributed by atoms with Crippen LogP contribution in [0.1, 0.15) is 25.7 Å². The van der Waals surface area contributed by atoms with E-state index in [1.165, 1.54) is 45.3 Å². The molecule has 2 N–H and O–H groups in total. The minimum atomic E-state index is 0.847. The lowest BCUT2D eigenvalue weighted by Gasteiger charge is -2.25. The Bertz CT molecular complexity index is 87.6. The molecule has 0 atom stereocenters. The van der Waals surface area contributed by atoms with Crippen LogP contribution in [0.3, 0.4) is 0 Å². The molecular formula is C9H19N2. The highest BCUT2D eigenvalue weighted by Crippen LogP contribution is 2.07. The predicted octanol–water partition coefficient (Wildman–Crippen LogP) is 1.03. The molecule has 1 fully saturated rings. The molecule has 1 saturated heterocycles. The minimum absolute atomic E-state index is 0.847. The molecule has 1 aliphatic rings. The number of piperidine rings is 1. The van der Waals surface area contributed by atoms with Crippen molar-refractivity contribution in [3.63, 3.8) is 0 Å². The van der Waals surface area contributed by atoms with Crippen LogP contribution in [0.25, 0.3) is 0 Å². The molecule has 1 rings (SSSR count). The quantitative estimate of drug-likeness (QED) is 0.614. The highest BCUT2D eigenvalue weighted by molar-refractivity contribution is 4.76. The lowest BCUT2D eigenvalue weighted by molar-refractivity contribution is 0.250. The van der Waals surface area contributed by atoms with Crippen molar-refractivity contribution in [1.82, 2.24) is 4.90 Å². The van der Waals surface area contributed by atoms with Gasteiger partial charge in [0.05, 0.1) is 0 Å². The number of rotatable bonds is 4. The molecule has 0 aromatic carbocycles. The van der Waals surface area contributed by atoms with Gasteiger partial charge in [-0.15, -0.1) is 0 Å². The fourth-order valence-electron chi connectivity index (χ4n) is 1.51. The number of unbranched alkanes of at least 4 members (excludes halogenated alkanes) is 1. The van der Waals surface area contributed by atoms with Gasteiger partial charge in [-0.25, -0.2) is 0 Å². The van der Waals surface area contributed by atoms with E-state index in [4.69, 9.17) is 5.73 Å². The first-order valence-corrected chi connectivity index (χ1v) is 4.67. The maximum Gasteiger partial charge on any atom is -0.00160 e. The summed E-state index contributed by atoms with van der Waals surface area (Å²) in [6.45, 7) is 4.64. The van der Waals surface area contributed by atoms with E-state index in [0.29, 0.717) is 0 Å². The molecule has 65 valence electrons. The second-order valence-electron chi connectivity index (χ2n) is 3.20. The molecule has 0 unspecified atom stereocenters. The van der Waals surface area contributed by atoms with Gasteiger partial charge >= 0.3 is 0 Å². The molecule has 0 saturated carbocycles. The maximum atomic E-state index is 5.42. The minimum Gasteiger partial charge on any atom is -0.330 e. The second kappa shape index (κ2) is 5.56. The smallest absolute Gasteiger partial charge is 0.00160 e. The van der Waals surface area contributed by atoms with Crippen LogP contribution in [0, 0.1) is 6.42 Å². The first-order chi connectivity index (χ1) is 5.43. The summed E-state index contributed by atoms with van der Waals surface area (Å²) in [5.41, 5.74) is 5.42. The van der Waals surface area contributed by atoms with Gasteiger partial charge in [0, 0.05) is 0 Å². The van der Waals surface area contributed by atoms with Gasteiger partial charge in [-0.2, -0.15) is 0 Å². The van der Waals surface area contributed by atoms with Crippen molar-refractivity contribution in [3.05, 3.63) is 6.42 Å². The lowest BCUT2D eigenvalue weighted by Crippen LogP contribution is -2.31. The molecule has 1 heterocycles. The number of nitrogens with zero attached hydrogens (tertiary/aromatic N) is 1. The summed E-state index contributed by atoms with van der Waals surface area (Å²) in [5, 5.41) is 0. The molecule has 0 spiro atoms. The number of hydrogen-bond donors (Lipinski definition) is 1. The standard InChI is InChI=1S/C9H19N2/c10-6-2-5-9-11-7-3-1-4-8-11/h1H,2-10H2. The van der Waals surface area contributed by atoms with Gasteiger partial charge in [0.25, 0.3) is 0 Å². The van der Waals surface area contributed by atoms with Crippen LogP contribution >= 0.6 is 0 Å². The zero-order valence-corrected chi connectivity index (χ0v) is 7.26. The fourth-order valence-corrected chi connectivity index (χ4v) is 1.51. The molecule has 1 radical (unpaired) electrons. The van der Waals surface area contributed by atoms with Crippen LogP contribution in [0.5, 0.6) is 0 Å². The Morgan fingerprint density at radius 1 is 1.18 bits per heavy atom. The van der Waals surface area contributed by atoms with E-state index >= 15 is 0 Å². The van der Waals surface area contributed by atoms with Crippen molar-refractivity contribution in [2.75, 3.05) is 26.2 Å². The Morgan fingerprint density at radius 3 is 2.55 bits per heavy atom. The topological polar surface area (TPSA) is 29.3 Å². The van der Waals surface area contributed by atoms with Crippen molar-refractivity contribution >= 4 is 0 Å². The van der Waals surface area contributed by atoms with E-state index in [0.717, 1.165) is 6.54 Å². The molecule has 0 aromatic heterocycles. The molecule has 0 aliphatic carbocycles. The number of hydrogen-bond acceptors (Lipinski definition) is 2. The largest absolute Gasteiger partial charge is 0.330 e. The van der Waals surface area contributed by atoms with Crippen molar-refractivity contribution in [2.24, 2.45) is 5.73 Å². The van der Waals surface area contributed by atoms with Gasteiger partial charge in [-0.05, 0) is 58.3 Å². The summed E-state index contributed by atoms with van der Waals surface area (Å²) in [7, 11) is 0. The third-order valence-electron chi connectivity index (χ3n) is 2.23. The highest BCUT2D eigenvalue weighted by atomic mass is 15.1. The Labute approximate surface area is 69.8 Å². The van der Waals surface area contributed by atoms with Gasteiger partial charge in [0.1, 0.15) is 0 Å². The van der Waals surface area contributed by atoms with Crippen LogP contribution in [-0.4, -0.2) is 31.1 Å². The first kappa shape index (κ1) is 9.01. The monoisotopic (exact) mass is 155 g/mol. The summed E-state index contributed by atoms with van der Waals surface area (Å²) < 4.78 is 0. The second-order valence-corrected chi connectivity index (χ2v) is 3.20. The number of nitrogens with two attached hydrogens (primary N) is 1. The molecule has 2 nitrogen and oxygen atoms in total. The fraction of sp³-hybridized carbons (Fsp3) is 0.889. The van der Waals surface area contributed by atoms with Crippen LogP contribution in [-0.2, 0) is 0 Å². The third-order valence-corrected chi connectivity index (χ3v) is 2.23. The Morgan fingerprint density at radius 2 is 1.91 bits per heavy atom. The van der Waals surface area contributed by atoms with Crippen molar-refractivity contribution in [3.8, 4) is 0 Å². The van der Waals surface area contributed by atoms with Crippen LogP contribution in [0.4, 0.5) is 0 Å². The van der Waals surface area contributed by atoms with E-state index < -0.39 is 0 Å². The van der Waals surface area contributed by atoms with E-state index in [1.54, 1.807) is 0 Å². The summed E-state index contributed by atoms with van der Waals surface area (Å²) >= 11 is 0. The average molecular weight is 155 g/mol. The first-order valence-electron chi connectivity index (χ1n) is 4.67. The predicted molar refractivity (Wildman–Crippen MR) is 48.3 cm³/mol. The average Bonchev–Trinajstić information content (AvgIpc) is 2.07. The van der Waals surface area contributed by atoms with Gasteiger partial charge in [-0.1, -0.05) is 0 Å². The molecular weight excluding hydrogens is 136 g/mol. The van der Waals surface area contributed by atoms with Gasteiger partial charge in [-0.3, -0.25) is 0 Å². The maximum absolute atomic E-state index is 5.42. The van der Waals surface area contributed by atoms with E-state index in [9.17, 15) is 0 Å². The molecule has 11 heavy (non-hydrogen) atoms. The molecule has 2 heteroatoms. The summed E-state index contributed by atoms with van der Waals surface area (Å²) in [4.78, 5) is 2.54. The number of likely N-dealkylation sites (tertiary alicyclic amines) is 1.